The highest BCUT2D eigenvalue weighted by atomic mass is 32.2. The number of allylic oxidation sites excluding steroid dienone is 2. The highest BCUT2D eigenvalue weighted by Crippen LogP contribution is 2.29. The van der Waals surface area contributed by atoms with Gasteiger partial charge in [0.25, 0.3) is 0 Å². The second-order valence-corrected chi connectivity index (χ2v) is 6.64. The van der Waals surface area contributed by atoms with E-state index >= 15 is 0 Å². The van der Waals surface area contributed by atoms with Gasteiger partial charge in [-0.3, -0.25) is 4.79 Å². The molecule has 0 heterocycles. The minimum absolute atomic E-state index is 0.231. The first-order valence-electron chi connectivity index (χ1n) is 6.08. The second-order valence-electron chi connectivity index (χ2n) is 4.51. The minimum atomic E-state index is -3.54. The molecule has 1 aliphatic carbocycles. The molecule has 1 unspecified atom stereocenters. The minimum Gasteiger partial charge on any atom is -0.293 e. The standard InChI is InChI=1S/C14H16O3S/c1-2-6-11-9-13(15)14(10-11)18(16,17)12-7-4-3-5-8-12/h3-5,7-9,14H,2,6,10H2,1H3. The van der Waals surface area contributed by atoms with Crippen molar-refractivity contribution in [3.05, 3.63) is 42.0 Å². The molecule has 18 heavy (non-hydrogen) atoms. The van der Waals surface area contributed by atoms with Crippen molar-refractivity contribution in [2.75, 3.05) is 0 Å². The number of hydrogen-bond donors (Lipinski definition) is 0. The van der Waals surface area contributed by atoms with Crippen molar-refractivity contribution in [2.24, 2.45) is 0 Å². The van der Waals surface area contributed by atoms with Crippen molar-refractivity contribution < 1.29 is 13.2 Å². The van der Waals surface area contributed by atoms with Gasteiger partial charge in [0.05, 0.1) is 4.90 Å². The molecule has 2 rings (SSSR count). The van der Waals surface area contributed by atoms with Crippen LogP contribution in [0.5, 0.6) is 0 Å². The van der Waals surface area contributed by atoms with Gasteiger partial charge in [-0.25, -0.2) is 8.42 Å². The molecular formula is C14H16O3S. The van der Waals surface area contributed by atoms with E-state index in [1.165, 1.54) is 6.08 Å². The Balaban J connectivity index is 2.27. The van der Waals surface area contributed by atoms with Gasteiger partial charge >= 0.3 is 0 Å². The van der Waals surface area contributed by atoms with E-state index in [1.807, 2.05) is 6.92 Å². The van der Waals surface area contributed by atoms with Crippen LogP contribution in [0, 0.1) is 0 Å². The molecule has 0 aromatic heterocycles. The van der Waals surface area contributed by atoms with Crippen LogP contribution >= 0.6 is 0 Å². The van der Waals surface area contributed by atoms with Gasteiger partial charge in [0.1, 0.15) is 5.25 Å². The molecule has 0 fully saturated rings. The van der Waals surface area contributed by atoms with E-state index in [9.17, 15) is 13.2 Å². The molecular weight excluding hydrogens is 248 g/mol. The lowest BCUT2D eigenvalue weighted by atomic mass is 10.1. The predicted molar refractivity (Wildman–Crippen MR) is 70.0 cm³/mol. The maximum absolute atomic E-state index is 12.3. The smallest absolute Gasteiger partial charge is 0.188 e. The number of rotatable bonds is 4. The third-order valence-electron chi connectivity index (χ3n) is 3.13. The van der Waals surface area contributed by atoms with Crippen molar-refractivity contribution in [3.8, 4) is 0 Å². The Bertz CT molecular complexity index is 570. The summed E-state index contributed by atoms with van der Waals surface area (Å²) in [7, 11) is -3.54. The average molecular weight is 264 g/mol. The van der Waals surface area contributed by atoms with E-state index in [1.54, 1.807) is 30.3 Å². The maximum atomic E-state index is 12.3. The second kappa shape index (κ2) is 5.06. The molecule has 1 aromatic carbocycles. The SMILES string of the molecule is CCCC1=CC(=O)C(S(=O)(=O)c2ccccc2)C1. The van der Waals surface area contributed by atoms with Crippen molar-refractivity contribution in [1.29, 1.82) is 0 Å². The fourth-order valence-electron chi connectivity index (χ4n) is 2.22. The van der Waals surface area contributed by atoms with Crippen LogP contribution < -0.4 is 0 Å². The average Bonchev–Trinajstić information content (AvgIpc) is 2.73. The molecule has 0 radical (unpaired) electrons. The van der Waals surface area contributed by atoms with Gasteiger partial charge in [-0.1, -0.05) is 37.1 Å². The molecule has 0 N–H and O–H groups in total. The number of benzene rings is 1. The van der Waals surface area contributed by atoms with Crippen LogP contribution in [-0.4, -0.2) is 19.5 Å². The van der Waals surface area contributed by atoms with Gasteiger partial charge in [-0.2, -0.15) is 0 Å². The van der Waals surface area contributed by atoms with Crippen molar-refractivity contribution in [3.63, 3.8) is 0 Å². The summed E-state index contributed by atoms with van der Waals surface area (Å²) in [6.45, 7) is 2.02. The molecule has 0 saturated heterocycles. The Morgan fingerprint density at radius 1 is 1.22 bits per heavy atom. The van der Waals surface area contributed by atoms with Gasteiger partial charge < -0.3 is 0 Å². The van der Waals surface area contributed by atoms with Gasteiger partial charge in [-0.05, 0) is 31.1 Å². The summed E-state index contributed by atoms with van der Waals surface area (Å²) in [6.07, 6.45) is 3.59. The normalized spacial score (nSPS) is 19.9. The highest BCUT2D eigenvalue weighted by Gasteiger charge is 2.36. The zero-order valence-corrected chi connectivity index (χ0v) is 11.1. The van der Waals surface area contributed by atoms with E-state index < -0.39 is 15.1 Å². The quantitative estimate of drug-likeness (QED) is 0.839. The Morgan fingerprint density at radius 3 is 2.50 bits per heavy atom. The van der Waals surface area contributed by atoms with Crippen molar-refractivity contribution >= 4 is 15.6 Å². The Morgan fingerprint density at radius 2 is 1.89 bits per heavy atom. The Hall–Kier alpha value is -1.42. The molecule has 1 atom stereocenters. The lowest BCUT2D eigenvalue weighted by Gasteiger charge is -2.10. The Kier molecular flexibility index (Phi) is 3.66. The summed E-state index contributed by atoms with van der Waals surface area (Å²) in [5.41, 5.74) is 0.951. The predicted octanol–water partition coefficient (Wildman–Crippen LogP) is 2.53. The summed E-state index contributed by atoms with van der Waals surface area (Å²) in [6, 6.07) is 8.19. The molecule has 1 aliphatic rings. The van der Waals surface area contributed by atoms with E-state index in [-0.39, 0.29) is 10.7 Å². The van der Waals surface area contributed by atoms with Crippen LogP contribution in [0.1, 0.15) is 26.2 Å². The van der Waals surface area contributed by atoms with E-state index in [2.05, 4.69) is 0 Å². The van der Waals surface area contributed by atoms with Crippen LogP contribution in [-0.2, 0) is 14.6 Å². The lowest BCUT2D eigenvalue weighted by molar-refractivity contribution is -0.113. The first-order valence-corrected chi connectivity index (χ1v) is 7.62. The molecule has 3 nitrogen and oxygen atoms in total. The van der Waals surface area contributed by atoms with Crippen LogP contribution in [0.15, 0.2) is 46.9 Å². The largest absolute Gasteiger partial charge is 0.293 e. The van der Waals surface area contributed by atoms with Gasteiger partial charge in [0.15, 0.2) is 15.6 Å². The first-order chi connectivity index (χ1) is 8.55. The third kappa shape index (κ3) is 2.38. The van der Waals surface area contributed by atoms with Gasteiger partial charge in [0, 0.05) is 0 Å². The molecule has 1 aromatic rings. The number of hydrogen-bond acceptors (Lipinski definition) is 3. The topological polar surface area (TPSA) is 51.2 Å². The van der Waals surface area contributed by atoms with Crippen LogP contribution in [0.3, 0.4) is 0 Å². The number of carbonyl (C=O) groups excluding carboxylic acids is 1. The van der Waals surface area contributed by atoms with Gasteiger partial charge in [-0.15, -0.1) is 0 Å². The van der Waals surface area contributed by atoms with E-state index in [0.717, 1.165) is 18.4 Å². The van der Waals surface area contributed by atoms with Gasteiger partial charge in [0.2, 0.25) is 0 Å². The lowest BCUT2D eigenvalue weighted by Crippen LogP contribution is -2.26. The van der Waals surface area contributed by atoms with E-state index in [0.29, 0.717) is 6.42 Å². The molecule has 96 valence electrons. The Labute approximate surface area is 107 Å². The monoisotopic (exact) mass is 264 g/mol. The van der Waals surface area contributed by atoms with Crippen LogP contribution in [0.25, 0.3) is 0 Å². The number of ketones is 1. The highest BCUT2D eigenvalue weighted by molar-refractivity contribution is 7.92. The third-order valence-corrected chi connectivity index (χ3v) is 5.21. The summed E-state index contributed by atoms with van der Waals surface area (Å²) in [5.74, 6) is -0.276. The van der Waals surface area contributed by atoms with Crippen molar-refractivity contribution in [1.82, 2.24) is 0 Å². The molecule has 4 heteroatoms. The molecule has 0 saturated carbocycles. The number of carbonyl (C=O) groups is 1. The maximum Gasteiger partial charge on any atom is 0.188 e. The van der Waals surface area contributed by atoms with Crippen molar-refractivity contribution in [2.45, 2.75) is 36.3 Å². The fraction of sp³-hybridized carbons (Fsp3) is 0.357. The summed E-state index contributed by atoms with van der Waals surface area (Å²) >= 11 is 0. The summed E-state index contributed by atoms with van der Waals surface area (Å²) in [4.78, 5) is 12.1. The van der Waals surface area contributed by atoms with Crippen LogP contribution in [0.4, 0.5) is 0 Å². The zero-order valence-electron chi connectivity index (χ0n) is 10.3. The first kappa shape index (κ1) is 13.0. The van der Waals surface area contributed by atoms with Crippen LogP contribution in [0.2, 0.25) is 0 Å². The molecule has 0 spiro atoms. The summed E-state index contributed by atoms with van der Waals surface area (Å²) in [5, 5.41) is -0.915. The fourth-order valence-corrected chi connectivity index (χ4v) is 3.90. The number of sulfone groups is 1. The summed E-state index contributed by atoms with van der Waals surface area (Å²) < 4.78 is 24.7. The zero-order chi connectivity index (χ0) is 13.2. The van der Waals surface area contributed by atoms with E-state index in [4.69, 9.17) is 0 Å². The molecule has 0 bridgehead atoms. The molecule has 0 aliphatic heterocycles. The molecule has 0 amide bonds.